The van der Waals surface area contributed by atoms with Gasteiger partial charge in [0, 0.05) is 37.9 Å². The number of carbonyl (C=O) groups is 1. The second kappa shape index (κ2) is 8.88. The summed E-state index contributed by atoms with van der Waals surface area (Å²) in [6.07, 6.45) is 0. The van der Waals surface area contributed by atoms with E-state index in [-0.39, 0.29) is 21.5 Å². The zero-order chi connectivity index (χ0) is 21.1. The smallest absolute Gasteiger partial charge is 0.315 e. The number of hydrogen-bond donors (Lipinski definition) is 2. The first-order valence-electron chi connectivity index (χ1n) is 7.99. The average molecular weight is 467 g/mol. The van der Waals surface area contributed by atoms with E-state index in [0.29, 0.717) is 9.75 Å². The molecule has 0 aliphatic heterocycles. The van der Waals surface area contributed by atoms with Crippen molar-refractivity contribution in [2.45, 2.75) is 21.5 Å². The highest BCUT2D eigenvalue weighted by molar-refractivity contribution is 7.91. The van der Waals surface area contributed by atoms with Crippen LogP contribution >= 0.6 is 22.7 Å². The summed E-state index contributed by atoms with van der Waals surface area (Å²) in [5.41, 5.74) is 0. The number of nitrogens with one attached hydrogen (secondary N) is 2. The van der Waals surface area contributed by atoms with Crippen molar-refractivity contribution >= 4 is 48.8 Å². The molecule has 0 spiro atoms. The van der Waals surface area contributed by atoms with Gasteiger partial charge in [0.1, 0.15) is 8.42 Å². The predicted octanol–water partition coefficient (Wildman–Crippen LogP) is 1.31. The average Bonchev–Trinajstić information content (AvgIpc) is 3.27. The molecule has 2 amide bonds. The highest BCUT2D eigenvalue weighted by Crippen LogP contribution is 2.24. The Morgan fingerprint density at radius 3 is 1.46 bits per heavy atom. The molecule has 9 nitrogen and oxygen atoms in total. The number of carbonyl (C=O) groups excluding carboxylic acids is 1. The molecule has 0 bridgehead atoms. The van der Waals surface area contributed by atoms with E-state index in [1.54, 1.807) is 12.1 Å². The summed E-state index contributed by atoms with van der Waals surface area (Å²) < 4.78 is 50.9. The molecule has 2 N–H and O–H groups in total. The third-order valence-electron chi connectivity index (χ3n) is 3.59. The predicted molar refractivity (Wildman–Crippen MR) is 109 cm³/mol. The van der Waals surface area contributed by atoms with Crippen molar-refractivity contribution in [1.82, 2.24) is 19.2 Å². The van der Waals surface area contributed by atoms with Crippen LogP contribution in [0.5, 0.6) is 0 Å². The van der Waals surface area contributed by atoms with Gasteiger partial charge in [-0.15, -0.1) is 22.7 Å². The second-order valence-corrected chi connectivity index (χ2v) is 13.1. The molecule has 2 aromatic heterocycles. The quantitative estimate of drug-likeness (QED) is 0.609. The Morgan fingerprint density at radius 2 is 1.14 bits per heavy atom. The van der Waals surface area contributed by atoms with Crippen LogP contribution in [-0.4, -0.2) is 59.7 Å². The van der Waals surface area contributed by atoms with Crippen molar-refractivity contribution in [3.8, 4) is 0 Å². The van der Waals surface area contributed by atoms with Crippen LogP contribution in [-0.2, 0) is 33.1 Å². The Kier molecular flexibility index (Phi) is 7.22. The summed E-state index contributed by atoms with van der Waals surface area (Å²) in [6, 6.07) is 5.88. The fraction of sp³-hybridized carbons (Fsp3) is 0.400. The molecule has 0 fully saturated rings. The molecule has 0 unspecified atom stereocenters. The Morgan fingerprint density at radius 1 is 0.786 bits per heavy atom. The van der Waals surface area contributed by atoms with Gasteiger partial charge in [-0.25, -0.2) is 30.2 Å². The van der Waals surface area contributed by atoms with Crippen LogP contribution in [0.2, 0.25) is 0 Å². The number of urea groups is 1. The van der Waals surface area contributed by atoms with Gasteiger partial charge < -0.3 is 10.6 Å². The van der Waals surface area contributed by atoms with Gasteiger partial charge in [0.25, 0.3) is 20.0 Å². The molecule has 28 heavy (non-hydrogen) atoms. The van der Waals surface area contributed by atoms with E-state index in [1.165, 1.54) is 40.3 Å². The van der Waals surface area contributed by atoms with Crippen LogP contribution in [0.4, 0.5) is 4.79 Å². The summed E-state index contributed by atoms with van der Waals surface area (Å²) in [5.74, 6) is 0. The molecule has 0 radical (unpaired) electrons. The number of hydrogen-bond acceptors (Lipinski definition) is 7. The zero-order valence-corrected chi connectivity index (χ0v) is 19.1. The van der Waals surface area contributed by atoms with E-state index in [4.69, 9.17) is 0 Å². The van der Waals surface area contributed by atoms with E-state index >= 15 is 0 Å². The summed E-state index contributed by atoms with van der Waals surface area (Å²) >= 11 is 2.18. The van der Waals surface area contributed by atoms with Gasteiger partial charge in [-0.3, -0.25) is 0 Å². The molecule has 0 aliphatic carbocycles. The lowest BCUT2D eigenvalue weighted by molar-refractivity contribution is 0.240. The van der Waals surface area contributed by atoms with Crippen LogP contribution < -0.4 is 10.6 Å². The second-order valence-electron chi connectivity index (χ2n) is 6.05. The van der Waals surface area contributed by atoms with Crippen LogP contribution in [0.25, 0.3) is 0 Å². The van der Waals surface area contributed by atoms with Crippen molar-refractivity contribution in [2.75, 3.05) is 28.2 Å². The van der Waals surface area contributed by atoms with Gasteiger partial charge >= 0.3 is 6.03 Å². The normalized spacial score (nSPS) is 12.5. The fourth-order valence-corrected chi connectivity index (χ4v) is 6.87. The molecule has 0 aliphatic rings. The maximum atomic E-state index is 12.0. The highest BCUT2D eigenvalue weighted by atomic mass is 32.3. The molecule has 2 heterocycles. The summed E-state index contributed by atoms with van der Waals surface area (Å²) in [5, 5.41) is 5.30. The minimum atomic E-state index is -3.48. The molecule has 2 aromatic rings. The van der Waals surface area contributed by atoms with Crippen molar-refractivity contribution in [2.24, 2.45) is 0 Å². The lowest BCUT2D eigenvalue weighted by Gasteiger charge is -2.09. The molecule has 2 rings (SSSR count). The van der Waals surface area contributed by atoms with Crippen molar-refractivity contribution < 1.29 is 21.6 Å². The third kappa shape index (κ3) is 5.30. The maximum absolute atomic E-state index is 12.0. The first kappa shape index (κ1) is 22.8. The van der Waals surface area contributed by atoms with Gasteiger partial charge in [-0.2, -0.15) is 0 Å². The maximum Gasteiger partial charge on any atom is 0.315 e. The topological polar surface area (TPSA) is 116 Å². The molecular weight excluding hydrogens is 444 g/mol. The number of sulfonamides is 2. The van der Waals surface area contributed by atoms with Gasteiger partial charge in [0.15, 0.2) is 0 Å². The van der Waals surface area contributed by atoms with Gasteiger partial charge in [-0.1, -0.05) is 0 Å². The van der Waals surface area contributed by atoms with Crippen LogP contribution in [0.1, 0.15) is 9.75 Å². The van der Waals surface area contributed by atoms with E-state index in [0.717, 1.165) is 31.3 Å². The number of nitrogens with zero attached hydrogens (tertiary/aromatic N) is 2. The van der Waals surface area contributed by atoms with E-state index < -0.39 is 26.1 Å². The van der Waals surface area contributed by atoms with Gasteiger partial charge in [0.2, 0.25) is 0 Å². The lowest BCUT2D eigenvalue weighted by Crippen LogP contribution is -2.34. The summed E-state index contributed by atoms with van der Waals surface area (Å²) in [7, 11) is -1.13. The summed E-state index contributed by atoms with van der Waals surface area (Å²) in [6.45, 7) is 0.369. The molecule has 13 heteroatoms. The first-order valence-corrected chi connectivity index (χ1v) is 12.5. The molecule has 156 valence electrons. The molecular formula is C15H22N4O5S4. The summed E-state index contributed by atoms with van der Waals surface area (Å²) in [4.78, 5) is 13.3. The molecule has 0 aromatic carbocycles. The van der Waals surface area contributed by atoms with Crippen LogP contribution in [0.15, 0.2) is 32.7 Å². The number of rotatable bonds is 8. The van der Waals surface area contributed by atoms with Crippen LogP contribution in [0, 0.1) is 0 Å². The Labute approximate surface area is 173 Å². The number of amides is 2. The third-order valence-corrected chi connectivity index (χ3v) is 10.3. The largest absolute Gasteiger partial charge is 0.333 e. The number of thiophene rings is 2. The Balaban J connectivity index is 1.88. The van der Waals surface area contributed by atoms with Crippen LogP contribution in [0.3, 0.4) is 0 Å². The first-order chi connectivity index (χ1) is 12.9. The van der Waals surface area contributed by atoms with Gasteiger partial charge in [-0.05, 0) is 24.3 Å². The minimum Gasteiger partial charge on any atom is -0.333 e. The van der Waals surface area contributed by atoms with Crippen molar-refractivity contribution in [3.63, 3.8) is 0 Å². The van der Waals surface area contributed by atoms with Gasteiger partial charge in [0.05, 0.1) is 13.1 Å². The van der Waals surface area contributed by atoms with E-state index in [2.05, 4.69) is 10.6 Å². The lowest BCUT2D eigenvalue weighted by atomic mass is 10.4. The standard InChI is InChI=1S/C15H22N4O5S4/c1-18(2)27(21,22)13-7-5-11(25-13)9-16-15(20)17-10-12-6-8-14(26-12)28(23,24)19(3)4/h5-8H,9-10H2,1-4H3,(H2,16,17,20). The Hall–Kier alpha value is -1.51. The minimum absolute atomic E-state index is 0.185. The van der Waals surface area contributed by atoms with Crippen molar-refractivity contribution in [1.29, 1.82) is 0 Å². The Bertz CT molecular complexity index is 956. The zero-order valence-electron chi connectivity index (χ0n) is 15.8. The SMILES string of the molecule is CN(C)S(=O)(=O)c1ccc(CNC(=O)NCc2ccc(S(=O)(=O)N(C)C)s2)s1. The highest BCUT2D eigenvalue weighted by Gasteiger charge is 2.20. The fourth-order valence-electron chi connectivity index (χ4n) is 1.94. The molecule has 0 atom stereocenters. The molecule has 0 saturated carbocycles. The van der Waals surface area contributed by atoms with E-state index in [1.807, 2.05) is 0 Å². The van der Waals surface area contributed by atoms with Crippen molar-refractivity contribution in [3.05, 3.63) is 34.0 Å². The van der Waals surface area contributed by atoms with E-state index in [9.17, 15) is 21.6 Å². The molecule has 0 saturated heterocycles. The monoisotopic (exact) mass is 466 g/mol.